The van der Waals surface area contributed by atoms with Gasteiger partial charge in [0.05, 0.1) is 11.2 Å². The summed E-state index contributed by atoms with van der Waals surface area (Å²) in [6.45, 7) is 4.26. The maximum Gasteiger partial charge on any atom is 0.0741 e. The highest BCUT2D eigenvalue weighted by Crippen LogP contribution is 2.29. The molecular weight excluding hydrogens is 268 g/mol. The Kier molecular flexibility index (Phi) is 2.90. The second kappa shape index (κ2) is 4.92. The van der Waals surface area contributed by atoms with Crippen LogP contribution < -0.4 is 0 Å². The SMILES string of the molecule is Cc1ccccc1-c1nc2cc3cnccc3cc2cc1C. The standard InChI is InChI=1S/C20H16N2/c1-13-5-3-4-6-18(13)20-14(2)9-16-10-15-7-8-21-12-17(15)11-19(16)22-20/h3-12H,1-2H3. The van der Waals surface area contributed by atoms with Gasteiger partial charge >= 0.3 is 0 Å². The molecule has 2 aromatic heterocycles. The molecule has 0 saturated carbocycles. The zero-order chi connectivity index (χ0) is 15.1. The van der Waals surface area contributed by atoms with Gasteiger partial charge in [-0.25, -0.2) is 4.98 Å². The lowest BCUT2D eigenvalue weighted by Crippen LogP contribution is -1.92. The van der Waals surface area contributed by atoms with Gasteiger partial charge in [-0.3, -0.25) is 4.98 Å². The van der Waals surface area contributed by atoms with E-state index >= 15 is 0 Å². The minimum absolute atomic E-state index is 1.02. The summed E-state index contributed by atoms with van der Waals surface area (Å²) in [6.07, 6.45) is 3.72. The van der Waals surface area contributed by atoms with Crippen LogP contribution in [0.5, 0.6) is 0 Å². The zero-order valence-electron chi connectivity index (χ0n) is 12.7. The first-order valence-corrected chi connectivity index (χ1v) is 7.43. The first kappa shape index (κ1) is 13.0. The lowest BCUT2D eigenvalue weighted by atomic mass is 9.99. The molecule has 2 heterocycles. The zero-order valence-corrected chi connectivity index (χ0v) is 12.7. The molecule has 2 nitrogen and oxygen atoms in total. The Labute approximate surface area is 129 Å². The van der Waals surface area contributed by atoms with E-state index in [1.54, 1.807) is 0 Å². The molecule has 0 aliphatic rings. The second-order valence-corrected chi connectivity index (χ2v) is 5.74. The van der Waals surface area contributed by atoms with Crippen molar-refractivity contribution >= 4 is 21.7 Å². The molecule has 0 aliphatic carbocycles. The maximum absolute atomic E-state index is 4.93. The molecule has 0 fully saturated rings. The lowest BCUT2D eigenvalue weighted by Gasteiger charge is -2.10. The highest BCUT2D eigenvalue weighted by Gasteiger charge is 2.09. The van der Waals surface area contributed by atoms with E-state index in [1.165, 1.54) is 27.5 Å². The van der Waals surface area contributed by atoms with Crippen LogP contribution in [0.1, 0.15) is 11.1 Å². The molecule has 0 N–H and O–H groups in total. The van der Waals surface area contributed by atoms with Crippen molar-refractivity contribution in [2.75, 3.05) is 0 Å². The number of aromatic nitrogens is 2. The number of benzene rings is 2. The predicted octanol–water partition coefficient (Wildman–Crippen LogP) is 5.07. The van der Waals surface area contributed by atoms with Gasteiger partial charge < -0.3 is 0 Å². The molecule has 0 aliphatic heterocycles. The van der Waals surface area contributed by atoms with E-state index in [0.29, 0.717) is 0 Å². The Morgan fingerprint density at radius 3 is 2.50 bits per heavy atom. The Morgan fingerprint density at radius 2 is 1.64 bits per heavy atom. The van der Waals surface area contributed by atoms with E-state index in [-0.39, 0.29) is 0 Å². The molecule has 0 unspecified atom stereocenters. The van der Waals surface area contributed by atoms with Gasteiger partial charge in [-0.1, -0.05) is 24.3 Å². The van der Waals surface area contributed by atoms with E-state index in [0.717, 1.165) is 16.6 Å². The third kappa shape index (κ3) is 2.04. The van der Waals surface area contributed by atoms with Crippen molar-refractivity contribution in [3.63, 3.8) is 0 Å². The number of hydrogen-bond acceptors (Lipinski definition) is 2. The molecule has 22 heavy (non-hydrogen) atoms. The fourth-order valence-corrected chi connectivity index (χ4v) is 2.98. The molecule has 4 rings (SSSR count). The average Bonchev–Trinajstić information content (AvgIpc) is 2.53. The summed E-state index contributed by atoms with van der Waals surface area (Å²) in [7, 11) is 0. The molecule has 4 aromatic rings. The molecule has 0 saturated heterocycles. The number of fused-ring (bicyclic) bond motifs is 2. The van der Waals surface area contributed by atoms with Crippen LogP contribution in [0.4, 0.5) is 0 Å². The highest BCUT2D eigenvalue weighted by atomic mass is 14.7. The normalized spacial score (nSPS) is 11.2. The van der Waals surface area contributed by atoms with Gasteiger partial charge in [0.2, 0.25) is 0 Å². The third-order valence-electron chi connectivity index (χ3n) is 4.16. The van der Waals surface area contributed by atoms with E-state index in [1.807, 2.05) is 18.5 Å². The number of rotatable bonds is 1. The number of aryl methyl sites for hydroxylation is 2. The lowest BCUT2D eigenvalue weighted by molar-refractivity contribution is 1.31. The van der Waals surface area contributed by atoms with E-state index < -0.39 is 0 Å². The first-order valence-electron chi connectivity index (χ1n) is 7.43. The topological polar surface area (TPSA) is 25.8 Å². The third-order valence-corrected chi connectivity index (χ3v) is 4.16. The van der Waals surface area contributed by atoms with Crippen LogP contribution in [-0.2, 0) is 0 Å². The van der Waals surface area contributed by atoms with Crippen LogP contribution in [0.2, 0.25) is 0 Å². The molecule has 2 heteroatoms. The summed E-state index contributed by atoms with van der Waals surface area (Å²) in [6, 6.07) is 17.0. The summed E-state index contributed by atoms with van der Waals surface area (Å²) >= 11 is 0. The van der Waals surface area contributed by atoms with Crippen LogP contribution in [0.15, 0.2) is 60.9 Å². The fraction of sp³-hybridized carbons (Fsp3) is 0.100. The van der Waals surface area contributed by atoms with Crippen molar-refractivity contribution in [2.24, 2.45) is 0 Å². The van der Waals surface area contributed by atoms with Crippen LogP contribution in [0.3, 0.4) is 0 Å². The monoisotopic (exact) mass is 284 g/mol. The van der Waals surface area contributed by atoms with Crippen molar-refractivity contribution in [2.45, 2.75) is 13.8 Å². The van der Waals surface area contributed by atoms with Gasteiger partial charge in [-0.15, -0.1) is 0 Å². The molecule has 2 aromatic carbocycles. The van der Waals surface area contributed by atoms with Gasteiger partial charge in [0.25, 0.3) is 0 Å². The minimum atomic E-state index is 1.02. The van der Waals surface area contributed by atoms with Crippen LogP contribution in [-0.4, -0.2) is 9.97 Å². The highest BCUT2D eigenvalue weighted by molar-refractivity contribution is 5.97. The van der Waals surface area contributed by atoms with Crippen molar-refractivity contribution in [3.05, 3.63) is 72.1 Å². The Bertz CT molecular complexity index is 1000. The second-order valence-electron chi connectivity index (χ2n) is 5.74. The van der Waals surface area contributed by atoms with Crippen LogP contribution >= 0.6 is 0 Å². The Hall–Kier alpha value is -2.74. The van der Waals surface area contributed by atoms with Crippen molar-refractivity contribution in [1.29, 1.82) is 0 Å². The smallest absolute Gasteiger partial charge is 0.0741 e. The summed E-state index contributed by atoms with van der Waals surface area (Å²) in [5, 5.41) is 3.50. The summed E-state index contributed by atoms with van der Waals surface area (Å²) in [5.74, 6) is 0. The number of nitrogens with zero attached hydrogens (tertiary/aromatic N) is 2. The summed E-state index contributed by atoms with van der Waals surface area (Å²) in [5.41, 5.74) is 5.74. The molecule has 106 valence electrons. The van der Waals surface area contributed by atoms with Crippen LogP contribution in [0.25, 0.3) is 32.9 Å². The van der Waals surface area contributed by atoms with E-state index in [4.69, 9.17) is 4.98 Å². The molecule has 0 spiro atoms. The van der Waals surface area contributed by atoms with E-state index in [9.17, 15) is 0 Å². The Balaban J connectivity index is 2.03. The molecule has 0 amide bonds. The number of hydrogen-bond donors (Lipinski definition) is 0. The molecule has 0 radical (unpaired) electrons. The average molecular weight is 284 g/mol. The Morgan fingerprint density at radius 1 is 0.773 bits per heavy atom. The van der Waals surface area contributed by atoms with Gasteiger partial charge in [0.15, 0.2) is 0 Å². The van der Waals surface area contributed by atoms with E-state index in [2.05, 4.69) is 61.3 Å². The summed E-state index contributed by atoms with van der Waals surface area (Å²) < 4.78 is 0. The van der Waals surface area contributed by atoms with Gasteiger partial charge in [-0.05, 0) is 54.6 Å². The molecule has 0 atom stereocenters. The van der Waals surface area contributed by atoms with Crippen molar-refractivity contribution in [1.82, 2.24) is 9.97 Å². The van der Waals surface area contributed by atoms with Crippen molar-refractivity contribution in [3.8, 4) is 11.3 Å². The maximum atomic E-state index is 4.93. The van der Waals surface area contributed by atoms with Crippen LogP contribution in [0, 0.1) is 13.8 Å². The molecule has 0 bridgehead atoms. The minimum Gasteiger partial charge on any atom is -0.264 e. The fourth-order valence-electron chi connectivity index (χ4n) is 2.98. The summed E-state index contributed by atoms with van der Waals surface area (Å²) in [4.78, 5) is 9.13. The molecular formula is C20H16N2. The van der Waals surface area contributed by atoms with Gasteiger partial charge in [-0.2, -0.15) is 0 Å². The number of pyridine rings is 2. The predicted molar refractivity (Wildman–Crippen MR) is 92.0 cm³/mol. The first-order chi connectivity index (χ1) is 10.7. The quantitative estimate of drug-likeness (QED) is 0.456. The van der Waals surface area contributed by atoms with Crippen molar-refractivity contribution < 1.29 is 0 Å². The van der Waals surface area contributed by atoms with Gasteiger partial charge in [0.1, 0.15) is 0 Å². The van der Waals surface area contributed by atoms with Gasteiger partial charge in [0, 0.05) is 28.7 Å². The largest absolute Gasteiger partial charge is 0.264 e.